The normalized spacial score (nSPS) is 20.7. The van der Waals surface area contributed by atoms with E-state index in [1.807, 2.05) is 37.3 Å². The van der Waals surface area contributed by atoms with Crippen molar-refractivity contribution in [2.75, 3.05) is 37.9 Å². The number of hydrogen-bond acceptors (Lipinski definition) is 8. The lowest BCUT2D eigenvalue weighted by Crippen LogP contribution is -2.37. The average Bonchev–Trinajstić information content (AvgIpc) is 3.44. The minimum atomic E-state index is -1.01. The molecule has 0 spiro atoms. The van der Waals surface area contributed by atoms with Crippen molar-refractivity contribution in [1.29, 1.82) is 0 Å². The number of rotatable bonds is 8. The van der Waals surface area contributed by atoms with Gasteiger partial charge in [-0.3, -0.25) is 14.4 Å². The molecule has 2 amide bonds. The van der Waals surface area contributed by atoms with Crippen LogP contribution in [0.3, 0.4) is 0 Å². The van der Waals surface area contributed by atoms with Crippen LogP contribution in [-0.4, -0.2) is 45.9 Å². The fraction of sp³-hybridized carbons (Fsp3) is 0.286. The van der Waals surface area contributed by atoms with Crippen LogP contribution in [0.4, 0.5) is 11.4 Å². The minimum Gasteiger partial charge on any atom is -0.496 e. The fourth-order valence-electron chi connectivity index (χ4n) is 4.93. The molecule has 2 aliphatic rings. The molecule has 2 saturated heterocycles. The van der Waals surface area contributed by atoms with Crippen LogP contribution in [0.1, 0.15) is 18.5 Å². The topological polar surface area (TPSA) is 86.8 Å². The fourth-order valence-corrected chi connectivity index (χ4v) is 4.93. The second-order valence-corrected chi connectivity index (χ2v) is 8.55. The first kappa shape index (κ1) is 24.5. The SMILES string of the molecule is CCOc1ccc(N2C(=O)[C@@H]3[C@H](ON(c4ccccc4)[C@H]3c3cc(OC)c(OC)cc3OC)C2=O)cc1. The number of amides is 2. The van der Waals surface area contributed by atoms with Crippen molar-refractivity contribution >= 4 is 23.2 Å². The molecule has 9 nitrogen and oxygen atoms in total. The van der Waals surface area contributed by atoms with Crippen molar-refractivity contribution in [3.05, 3.63) is 72.3 Å². The second kappa shape index (κ2) is 10.0. The maximum absolute atomic E-state index is 13.9. The molecule has 0 aliphatic carbocycles. The molecule has 37 heavy (non-hydrogen) atoms. The molecule has 3 aromatic rings. The van der Waals surface area contributed by atoms with Crippen molar-refractivity contribution in [1.82, 2.24) is 0 Å². The minimum absolute atomic E-state index is 0.362. The van der Waals surface area contributed by atoms with Gasteiger partial charge < -0.3 is 18.9 Å². The van der Waals surface area contributed by atoms with Crippen LogP contribution in [-0.2, 0) is 14.4 Å². The summed E-state index contributed by atoms with van der Waals surface area (Å²) in [4.78, 5) is 34.9. The molecule has 0 saturated carbocycles. The first-order valence-electron chi connectivity index (χ1n) is 11.9. The van der Waals surface area contributed by atoms with Crippen molar-refractivity contribution in [2.24, 2.45) is 5.92 Å². The van der Waals surface area contributed by atoms with E-state index in [4.69, 9.17) is 23.8 Å². The van der Waals surface area contributed by atoms with Crippen LogP contribution in [0, 0.1) is 5.92 Å². The van der Waals surface area contributed by atoms with Gasteiger partial charge in [-0.1, -0.05) is 18.2 Å². The standard InChI is InChI=1S/C28H28N2O7/c1-5-36-19-13-11-17(12-14-19)29-27(31)24-25(20-15-22(34-3)23(35-4)16-21(20)33-2)30(37-26(24)28(29)32)18-9-7-6-8-10-18/h6-16,24-26H,5H2,1-4H3/t24-,25-,26-/m0/s1. The summed E-state index contributed by atoms with van der Waals surface area (Å²) in [6, 6.07) is 19.0. The third-order valence-corrected chi connectivity index (χ3v) is 6.59. The Morgan fingerprint density at radius 3 is 2.05 bits per heavy atom. The Morgan fingerprint density at radius 1 is 0.784 bits per heavy atom. The highest BCUT2D eigenvalue weighted by molar-refractivity contribution is 6.24. The number of hydroxylamine groups is 1. The Balaban J connectivity index is 1.61. The molecule has 0 radical (unpaired) electrons. The number of nitrogens with zero attached hydrogens (tertiary/aromatic N) is 2. The van der Waals surface area contributed by atoms with Gasteiger partial charge in [0.05, 0.1) is 39.3 Å². The maximum atomic E-state index is 13.9. The first-order chi connectivity index (χ1) is 18.0. The van der Waals surface area contributed by atoms with E-state index in [0.717, 1.165) is 0 Å². The lowest BCUT2D eigenvalue weighted by Gasteiger charge is -2.30. The molecule has 0 bridgehead atoms. The van der Waals surface area contributed by atoms with Crippen molar-refractivity contribution in [3.63, 3.8) is 0 Å². The van der Waals surface area contributed by atoms with E-state index in [0.29, 0.717) is 46.5 Å². The molecule has 2 aliphatic heterocycles. The molecule has 0 N–H and O–H groups in total. The Labute approximate surface area is 215 Å². The summed E-state index contributed by atoms with van der Waals surface area (Å²) in [5.41, 5.74) is 1.79. The molecule has 0 unspecified atom stereocenters. The van der Waals surface area contributed by atoms with Gasteiger partial charge in [-0.15, -0.1) is 0 Å². The zero-order valence-electron chi connectivity index (χ0n) is 21.0. The number of fused-ring (bicyclic) bond motifs is 1. The van der Waals surface area contributed by atoms with Gasteiger partial charge in [0.2, 0.25) is 5.91 Å². The molecular formula is C28H28N2O7. The van der Waals surface area contributed by atoms with Crippen LogP contribution in [0.15, 0.2) is 66.7 Å². The van der Waals surface area contributed by atoms with Gasteiger partial charge >= 0.3 is 0 Å². The molecule has 5 rings (SSSR count). The van der Waals surface area contributed by atoms with E-state index in [2.05, 4.69) is 0 Å². The highest BCUT2D eigenvalue weighted by Gasteiger charge is 2.61. The Hall–Kier alpha value is -4.24. The van der Waals surface area contributed by atoms with Crippen molar-refractivity contribution < 1.29 is 33.4 Å². The number of imide groups is 1. The Bertz CT molecular complexity index is 1300. The summed E-state index contributed by atoms with van der Waals surface area (Å²) in [6.45, 7) is 2.41. The molecule has 9 heteroatoms. The molecule has 2 fully saturated rings. The third kappa shape index (κ3) is 4.11. The van der Waals surface area contributed by atoms with Gasteiger partial charge in [0.25, 0.3) is 5.91 Å². The number of benzene rings is 3. The Morgan fingerprint density at radius 2 is 1.43 bits per heavy atom. The number of ether oxygens (including phenoxy) is 4. The molecule has 3 aromatic carbocycles. The van der Waals surface area contributed by atoms with E-state index >= 15 is 0 Å². The summed E-state index contributed by atoms with van der Waals surface area (Å²) in [6.07, 6.45) is -1.01. The smallest absolute Gasteiger partial charge is 0.266 e. The largest absolute Gasteiger partial charge is 0.496 e. The summed E-state index contributed by atoms with van der Waals surface area (Å²) in [5, 5.41) is 1.62. The highest BCUT2D eigenvalue weighted by Crippen LogP contribution is 2.51. The predicted molar refractivity (Wildman–Crippen MR) is 136 cm³/mol. The monoisotopic (exact) mass is 504 g/mol. The summed E-state index contributed by atoms with van der Waals surface area (Å²) in [7, 11) is 4.61. The molecule has 192 valence electrons. The predicted octanol–water partition coefficient (Wildman–Crippen LogP) is 4.16. The van der Waals surface area contributed by atoms with E-state index < -0.39 is 24.0 Å². The number of para-hydroxylation sites is 1. The summed E-state index contributed by atoms with van der Waals surface area (Å²) >= 11 is 0. The number of anilines is 2. The van der Waals surface area contributed by atoms with Crippen molar-refractivity contribution in [2.45, 2.75) is 19.1 Å². The first-order valence-corrected chi connectivity index (χ1v) is 11.9. The van der Waals surface area contributed by atoms with E-state index in [1.54, 1.807) is 48.6 Å². The lowest BCUT2D eigenvalue weighted by atomic mass is 9.89. The zero-order valence-corrected chi connectivity index (χ0v) is 21.0. The molecule has 3 atom stereocenters. The van der Waals surface area contributed by atoms with Crippen LogP contribution in [0.5, 0.6) is 23.0 Å². The lowest BCUT2D eigenvalue weighted by molar-refractivity contribution is -0.126. The number of methoxy groups -OCH3 is 3. The van der Waals surface area contributed by atoms with Gasteiger partial charge in [-0.25, -0.2) is 9.96 Å². The maximum Gasteiger partial charge on any atom is 0.266 e. The Kier molecular flexibility index (Phi) is 6.62. The molecular weight excluding hydrogens is 476 g/mol. The zero-order chi connectivity index (χ0) is 26.1. The van der Waals surface area contributed by atoms with Gasteiger partial charge in [-0.05, 0) is 49.4 Å². The van der Waals surface area contributed by atoms with Gasteiger partial charge in [0.1, 0.15) is 23.5 Å². The number of carbonyl (C=O) groups excluding carboxylic acids is 2. The van der Waals surface area contributed by atoms with Gasteiger partial charge in [0.15, 0.2) is 17.6 Å². The van der Waals surface area contributed by atoms with Gasteiger partial charge in [0, 0.05) is 11.6 Å². The summed E-state index contributed by atoms with van der Waals surface area (Å²) < 4.78 is 22.2. The second-order valence-electron chi connectivity index (χ2n) is 8.55. The number of hydrogen-bond donors (Lipinski definition) is 0. The average molecular weight is 505 g/mol. The molecule has 2 heterocycles. The van der Waals surface area contributed by atoms with Crippen LogP contribution in [0.25, 0.3) is 0 Å². The van der Waals surface area contributed by atoms with Crippen LogP contribution in [0.2, 0.25) is 0 Å². The van der Waals surface area contributed by atoms with E-state index in [-0.39, 0.29) is 5.91 Å². The molecule has 0 aromatic heterocycles. The highest BCUT2D eigenvalue weighted by atomic mass is 16.7. The summed E-state index contributed by atoms with van der Waals surface area (Å²) in [5.74, 6) is 0.467. The third-order valence-electron chi connectivity index (χ3n) is 6.59. The van der Waals surface area contributed by atoms with Crippen LogP contribution < -0.4 is 28.9 Å². The van der Waals surface area contributed by atoms with Crippen LogP contribution >= 0.6 is 0 Å². The van der Waals surface area contributed by atoms with Crippen molar-refractivity contribution in [3.8, 4) is 23.0 Å². The quantitative estimate of drug-likeness (QED) is 0.423. The number of carbonyl (C=O) groups is 2. The van der Waals surface area contributed by atoms with Gasteiger partial charge in [-0.2, -0.15) is 0 Å². The van der Waals surface area contributed by atoms with E-state index in [1.165, 1.54) is 19.1 Å². The van der Waals surface area contributed by atoms with E-state index in [9.17, 15) is 9.59 Å².